The molecule has 3 heteroatoms. The van der Waals surface area contributed by atoms with E-state index in [1.807, 2.05) is 20.8 Å². The van der Waals surface area contributed by atoms with E-state index in [1.165, 1.54) is 17.0 Å². The maximum atomic E-state index is 4.55. The van der Waals surface area contributed by atoms with Gasteiger partial charge in [-0.3, -0.25) is 0 Å². The van der Waals surface area contributed by atoms with Gasteiger partial charge in [-0.1, -0.05) is 27.7 Å². The fraction of sp³-hybridized carbons (Fsp3) is 0.692. The number of aryl methyl sites for hydroxylation is 1. The second kappa shape index (κ2) is 5.94. The van der Waals surface area contributed by atoms with Gasteiger partial charge in [0.1, 0.15) is 5.82 Å². The lowest BCUT2D eigenvalue weighted by Gasteiger charge is -2.20. The van der Waals surface area contributed by atoms with Crippen molar-refractivity contribution in [3.63, 3.8) is 0 Å². The maximum absolute atomic E-state index is 4.55. The summed E-state index contributed by atoms with van der Waals surface area (Å²) in [4.78, 5) is 9.03. The molecule has 16 heavy (non-hydrogen) atoms. The van der Waals surface area contributed by atoms with E-state index in [9.17, 15) is 0 Å². The van der Waals surface area contributed by atoms with Crippen molar-refractivity contribution in [3.8, 4) is 0 Å². The predicted molar refractivity (Wildman–Crippen MR) is 67.6 cm³/mol. The van der Waals surface area contributed by atoms with Crippen LogP contribution >= 0.6 is 0 Å². The molecule has 1 aliphatic rings. The second-order valence-corrected chi connectivity index (χ2v) is 4.16. The van der Waals surface area contributed by atoms with E-state index in [0.29, 0.717) is 5.92 Å². The maximum Gasteiger partial charge on any atom is 0.125 e. The lowest BCUT2D eigenvalue weighted by atomic mass is 9.97. The summed E-state index contributed by atoms with van der Waals surface area (Å²) in [5.41, 5.74) is 3.82. The van der Waals surface area contributed by atoms with E-state index in [1.54, 1.807) is 0 Å². The quantitative estimate of drug-likeness (QED) is 0.792. The molecule has 0 unspecified atom stereocenters. The zero-order valence-corrected chi connectivity index (χ0v) is 11.1. The minimum atomic E-state index is 0.503. The van der Waals surface area contributed by atoms with Crippen LogP contribution in [0.25, 0.3) is 0 Å². The van der Waals surface area contributed by atoms with Crippen LogP contribution in [0.4, 0.5) is 0 Å². The number of rotatable bonds is 1. The first-order chi connectivity index (χ1) is 7.68. The Kier molecular flexibility index (Phi) is 4.87. The fourth-order valence-corrected chi connectivity index (χ4v) is 1.99. The Labute approximate surface area is 98.7 Å². The van der Waals surface area contributed by atoms with Crippen LogP contribution in [0.15, 0.2) is 0 Å². The second-order valence-electron chi connectivity index (χ2n) is 4.16. The molecule has 0 saturated heterocycles. The largest absolute Gasteiger partial charge is 0.311 e. The first kappa shape index (κ1) is 13.1. The van der Waals surface area contributed by atoms with Gasteiger partial charge in [-0.25, -0.2) is 9.97 Å². The third kappa shape index (κ3) is 2.79. The minimum absolute atomic E-state index is 0.503. The molecule has 0 radical (unpaired) electrons. The fourth-order valence-electron chi connectivity index (χ4n) is 1.99. The Morgan fingerprint density at radius 3 is 2.50 bits per heavy atom. The summed E-state index contributed by atoms with van der Waals surface area (Å²) in [6, 6.07) is 0. The molecule has 2 heterocycles. The van der Waals surface area contributed by atoms with Gasteiger partial charge in [-0.2, -0.15) is 0 Å². The van der Waals surface area contributed by atoms with E-state index < -0.39 is 0 Å². The van der Waals surface area contributed by atoms with Crippen molar-refractivity contribution in [2.24, 2.45) is 0 Å². The molecule has 0 aliphatic carbocycles. The molecule has 1 N–H and O–H groups in total. The van der Waals surface area contributed by atoms with Crippen LogP contribution in [0.1, 0.15) is 56.4 Å². The van der Waals surface area contributed by atoms with Crippen LogP contribution in [-0.4, -0.2) is 16.5 Å². The molecule has 1 aromatic rings. The predicted octanol–water partition coefficient (Wildman–Crippen LogP) is 2.58. The van der Waals surface area contributed by atoms with Gasteiger partial charge >= 0.3 is 0 Å². The highest BCUT2D eigenvalue weighted by atomic mass is 15.0. The topological polar surface area (TPSA) is 37.8 Å². The van der Waals surface area contributed by atoms with E-state index >= 15 is 0 Å². The molecule has 0 fully saturated rings. The van der Waals surface area contributed by atoms with Crippen molar-refractivity contribution in [2.45, 2.75) is 53.5 Å². The van der Waals surface area contributed by atoms with Gasteiger partial charge in [0.25, 0.3) is 0 Å². The van der Waals surface area contributed by atoms with Gasteiger partial charge in [0.05, 0.1) is 11.4 Å². The number of aromatic nitrogens is 2. The minimum Gasteiger partial charge on any atom is -0.311 e. The van der Waals surface area contributed by atoms with E-state index in [4.69, 9.17) is 0 Å². The molecule has 0 amide bonds. The third-order valence-electron chi connectivity index (χ3n) is 2.63. The number of nitrogens with zero attached hydrogens (tertiary/aromatic N) is 2. The molecule has 90 valence electrons. The van der Waals surface area contributed by atoms with Gasteiger partial charge in [0, 0.05) is 6.54 Å². The molecule has 0 spiro atoms. The summed E-state index contributed by atoms with van der Waals surface area (Å²) in [7, 11) is 0. The van der Waals surface area contributed by atoms with Crippen molar-refractivity contribution in [1.29, 1.82) is 0 Å². The van der Waals surface area contributed by atoms with Gasteiger partial charge in [0.15, 0.2) is 0 Å². The van der Waals surface area contributed by atoms with E-state index in [-0.39, 0.29) is 0 Å². The van der Waals surface area contributed by atoms with Crippen LogP contribution in [0.3, 0.4) is 0 Å². The average molecular weight is 221 g/mol. The monoisotopic (exact) mass is 221 g/mol. The number of hydrogen-bond donors (Lipinski definition) is 1. The highest BCUT2D eigenvalue weighted by Crippen LogP contribution is 2.22. The van der Waals surface area contributed by atoms with Gasteiger partial charge in [0.2, 0.25) is 0 Å². The van der Waals surface area contributed by atoms with Crippen LogP contribution in [0, 0.1) is 6.92 Å². The lowest BCUT2D eigenvalue weighted by molar-refractivity contribution is 0.603. The Morgan fingerprint density at radius 2 is 1.88 bits per heavy atom. The normalized spacial score (nSPS) is 14.1. The number of fused-ring (bicyclic) bond motifs is 1. The molecule has 0 atom stereocenters. The first-order valence-corrected chi connectivity index (χ1v) is 6.25. The van der Waals surface area contributed by atoms with Crippen LogP contribution in [0.2, 0.25) is 0 Å². The summed E-state index contributed by atoms with van der Waals surface area (Å²) in [6.07, 6.45) is 1.07. The van der Waals surface area contributed by atoms with Gasteiger partial charge in [-0.15, -0.1) is 0 Å². The number of nitrogens with one attached hydrogen (secondary N) is 1. The molecule has 1 aromatic heterocycles. The molecule has 2 rings (SSSR count). The van der Waals surface area contributed by atoms with Crippen molar-refractivity contribution in [2.75, 3.05) is 6.54 Å². The molecular formula is C13H23N3. The van der Waals surface area contributed by atoms with E-state index in [0.717, 1.165) is 25.3 Å². The van der Waals surface area contributed by atoms with Crippen molar-refractivity contribution in [3.05, 3.63) is 22.8 Å². The SMILES string of the molecule is CC.Cc1nc2c(c(C(C)C)n1)CCNC2. The molecule has 0 bridgehead atoms. The average Bonchev–Trinajstić information content (AvgIpc) is 2.30. The van der Waals surface area contributed by atoms with Crippen molar-refractivity contribution >= 4 is 0 Å². The Bertz CT molecular complexity index is 345. The molecule has 1 aliphatic heterocycles. The summed E-state index contributed by atoms with van der Waals surface area (Å²) < 4.78 is 0. The summed E-state index contributed by atoms with van der Waals surface area (Å²) >= 11 is 0. The summed E-state index contributed by atoms with van der Waals surface area (Å²) in [5, 5.41) is 3.34. The zero-order chi connectivity index (χ0) is 12.1. The first-order valence-electron chi connectivity index (χ1n) is 6.25. The highest BCUT2D eigenvalue weighted by molar-refractivity contribution is 5.30. The molecular weight excluding hydrogens is 198 g/mol. The van der Waals surface area contributed by atoms with Crippen LogP contribution < -0.4 is 5.32 Å². The Hall–Kier alpha value is -0.960. The van der Waals surface area contributed by atoms with Crippen molar-refractivity contribution < 1.29 is 0 Å². The van der Waals surface area contributed by atoms with Crippen LogP contribution in [0.5, 0.6) is 0 Å². The third-order valence-corrected chi connectivity index (χ3v) is 2.63. The standard InChI is InChI=1S/C11H17N3.C2H6/c1-7(2)11-9-4-5-12-6-10(9)13-8(3)14-11;1-2/h7,12H,4-6H2,1-3H3;1-2H3. The molecule has 0 saturated carbocycles. The summed E-state index contributed by atoms with van der Waals surface area (Å²) in [5.74, 6) is 1.40. The van der Waals surface area contributed by atoms with Crippen molar-refractivity contribution in [1.82, 2.24) is 15.3 Å². The highest BCUT2D eigenvalue weighted by Gasteiger charge is 2.17. The Balaban J connectivity index is 0.000000606. The zero-order valence-electron chi connectivity index (χ0n) is 11.1. The van der Waals surface area contributed by atoms with Gasteiger partial charge in [-0.05, 0) is 31.4 Å². The number of hydrogen-bond acceptors (Lipinski definition) is 3. The van der Waals surface area contributed by atoms with Gasteiger partial charge < -0.3 is 5.32 Å². The summed E-state index contributed by atoms with van der Waals surface area (Å²) in [6.45, 7) is 12.3. The van der Waals surface area contributed by atoms with Crippen LogP contribution in [-0.2, 0) is 13.0 Å². The lowest BCUT2D eigenvalue weighted by Crippen LogP contribution is -2.27. The molecule has 3 nitrogen and oxygen atoms in total. The smallest absolute Gasteiger partial charge is 0.125 e. The van der Waals surface area contributed by atoms with E-state index in [2.05, 4.69) is 29.1 Å². The molecule has 0 aromatic carbocycles. The Morgan fingerprint density at radius 1 is 1.19 bits per heavy atom.